The quantitative estimate of drug-likeness (QED) is 0.874. The fraction of sp³-hybridized carbons (Fsp3) is 0.250. The second kappa shape index (κ2) is 5.67. The topological polar surface area (TPSA) is 58.9 Å². The van der Waals surface area contributed by atoms with Gasteiger partial charge < -0.3 is 19.7 Å². The Morgan fingerprint density at radius 3 is 2.71 bits per heavy atom. The highest BCUT2D eigenvalue weighted by Crippen LogP contribution is 2.42. The Hall–Kier alpha value is -1.56. The van der Waals surface area contributed by atoms with Gasteiger partial charge in [-0.25, -0.2) is 0 Å². The van der Waals surface area contributed by atoms with Crippen molar-refractivity contribution in [1.82, 2.24) is 0 Å². The van der Waals surface area contributed by atoms with E-state index in [9.17, 15) is 10.2 Å². The number of hydrogen-bond acceptors (Lipinski definition) is 4. The summed E-state index contributed by atoms with van der Waals surface area (Å²) in [6, 6.07) is 12.7. The van der Waals surface area contributed by atoms with Gasteiger partial charge in [0, 0.05) is 10.0 Å². The molecule has 0 saturated heterocycles. The lowest BCUT2D eigenvalue weighted by atomic mass is 9.92. The van der Waals surface area contributed by atoms with Crippen molar-refractivity contribution >= 4 is 15.9 Å². The third-order valence-electron chi connectivity index (χ3n) is 3.60. The minimum atomic E-state index is -1.04. The predicted molar refractivity (Wildman–Crippen MR) is 81.5 cm³/mol. The van der Waals surface area contributed by atoms with E-state index in [1.807, 2.05) is 24.3 Å². The number of fused-ring (bicyclic) bond motifs is 1. The lowest BCUT2D eigenvalue weighted by Crippen LogP contribution is -2.34. The second-order valence-electron chi connectivity index (χ2n) is 4.93. The van der Waals surface area contributed by atoms with Gasteiger partial charge in [-0.2, -0.15) is 0 Å². The lowest BCUT2D eigenvalue weighted by Gasteiger charge is -2.34. The Labute approximate surface area is 131 Å². The summed E-state index contributed by atoms with van der Waals surface area (Å²) in [6.07, 6.45) is -2.68. The molecule has 0 radical (unpaired) electrons. The van der Waals surface area contributed by atoms with E-state index in [0.29, 0.717) is 17.1 Å². The van der Waals surface area contributed by atoms with Crippen LogP contribution in [-0.4, -0.2) is 23.4 Å². The van der Waals surface area contributed by atoms with Crippen molar-refractivity contribution in [3.8, 4) is 11.5 Å². The van der Waals surface area contributed by atoms with Crippen molar-refractivity contribution < 1.29 is 19.7 Å². The lowest BCUT2D eigenvalue weighted by molar-refractivity contribution is -0.0700. The maximum Gasteiger partial charge on any atom is 0.153 e. The summed E-state index contributed by atoms with van der Waals surface area (Å²) in [7, 11) is 1.58. The van der Waals surface area contributed by atoms with Gasteiger partial charge in [-0.05, 0) is 35.9 Å². The Kier molecular flexibility index (Phi) is 3.89. The molecule has 1 unspecified atom stereocenters. The maximum absolute atomic E-state index is 10.4. The highest BCUT2D eigenvalue weighted by atomic mass is 79.9. The minimum Gasteiger partial charge on any atom is -0.497 e. The number of aliphatic hydroxyl groups excluding tert-OH is 2. The molecule has 0 amide bonds. The van der Waals surface area contributed by atoms with Crippen LogP contribution in [0.15, 0.2) is 46.9 Å². The highest BCUT2D eigenvalue weighted by molar-refractivity contribution is 9.10. The molecule has 0 aromatic heterocycles. The Bertz CT molecular complexity index is 658. The summed E-state index contributed by atoms with van der Waals surface area (Å²) in [5, 5.41) is 20.7. The number of ether oxygens (including phenoxy) is 2. The van der Waals surface area contributed by atoms with E-state index in [1.54, 1.807) is 25.3 Å². The largest absolute Gasteiger partial charge is 0.497 e. The van der Waals surface area contributed by atoms with E-state index in [2.05, 4.69) is 15.9 Å². The number of benzene rings is 2. The molecular weight excluding hydrogens is 336 g/mol. The number of halogens is 1. The van der Waals surface area contributed by atoms with E-state index in [-0.39, 0.29) is 0 Å². The third kappa shape index (κ3) is 2.64. The fourth-order valence-corrected chi connectivity index (χ4v) is 2.88. The molecule has 3 rings (SSSR count). The SMILES string of the molecule is COc1cccc([C@@H]2Oc3ccc(Br)cc3C(O)[C@H]2O)c1. The molecule has 0 fully saturated rings. The summed E-state index contributed by atoms with van der Waals surface area (Å²) in [5.74, 6) is 1.25. The summed E-state index contributed by atoms with van der Waals surface area (Å²) >= 11 is 3.35. The van der Waals surface area contributed by atoms with Crippen molar-refractivity contribution in [3.05, 3.63) is 58.1 Å². The molecule has 5 heteroatoms. The van der Waals surface area contributed by atoms with Gasteiger partial charge >= 0.3 is 0 Å². The van der Waals surface area contributed by atoms with Crippen LogP contribution in [0.3, 0.4) is 0 Å². The Balaban J connectivity index is 1.99. The second-order valence-corrected chi connectivity index (χ2v) is 5.85. The summed E-state index contributed by atoms with van der Waals surface area (Å²) in [4.78, 5) is 0. The first-order chi connectivity index (χ1) is 10.1. The van der Waals surface area contributed by atoms with Crippen molar-refractivity contribution in [2.24, 2.45) is 0 Å². The first-order valence-corrected chi connectivity index (χ1v) is 7.35. The monoisotopic (exact) mass is 350 g/mol. The number of methoxy groups -OCH3 is 1. The molecule has 2 aromatic rings. The van der Waals surface area contributed by atoms with Gasteiger partial charge in [-0.1, -0.05) is 28.1 Å². The molecule has 0 aliphatic carbocycles. The van der Waals surface area contributed by atoms with Gasteiger partial charge in [0.2, 0.25) is 0 Å². The molecule has 1 aliphatic rings. The molecule has 0 spiro atoms. The Morgan fingerprint density at radius 1 is 1.14 bits per heavy atom. The van der Waals surface area contributed by atoms with Crippen LogP contribution in [-0.2, 0) is 0 Å². The predicted octanol–water partition coefficient (Wildman–Crippen LogP) is 2.99. The van der Waals surface area contributed by atoms with Crippen molar-refractivity contribution in [2.75, 3.05) is 7.11 Å². The molecule has 1 heterocycles. The van der Waals surface area contributed by atoms with Crippen molar-refractivity contribution in [1.29, 1.82) is 0 Å². The first-order valence-electron chi connectivity index (χ1n) is 6.56. The molecule has 110 valence electrons. The molecule has 21 heavy (non-hydrogen) atoms. The van der Waals surface area contributed by atoms with Gasteiger partial charge in [0.25, 0.3) is 0 Å². The van der Waals surface area contributed by atoms with Crippen molar-refractivity contribution in [2.45, 2.75) is 18.3 Å². The smallest absolute Gasteiger partial charge is 0.153 e. The highest BCUT2D eigenvalue weighted by Gasteiger charge is 2.37. The van der Waals surface area contributed by atoms with Crippen molar-refractivity contribution in [3.63, 3.8) is 0 Å². The van der Waals surface area contributed by atoms with Gasteiger partial charge in [0.15, 0.2) is 6.10 Å². The standard InChI is InChI=1S/C16H15BrO4/c1-20-11-4-2-3-9(7-11)16-15(19)14(18)12-8-10(17)5-6-13(12)21-16/h2-8,14-16,18-19H,1H3/t14?,15-,16+/m1/s1. The first kappa shape index (κ1) is 14.4. The van der Waals surface area contributed by atoms with Crippen LogP contribution in [0.5, 0.6) is 11.5 Å². The normalized spacial score (nSPS) is 24.1. The Morgan fingerprint density at radius 2 is 1.95 bits per heavy atom. The summed E-state index contributed by atoms with van der Waals surface area (Å²) in [6.45, 7) is 0. The third-order valence-corrected chi connectivity index (χ3v) is 4.09. The average molecular weight is 351 g/mol. The van der Waals surface area contributed by atoms with Gasteiger partial charge in [0.05, 0.1) is 7.11 Å². The molecular formula is C16H15BrO4. The van der Waals surface area contributed by atoms with E-state index >= 15 is 0 Å². The van der Waals surface area contributed by atoms with Crippen LogP contribution >= 0.6 is 15.9 Å². The van der Waals surface area contributed by atoms with Gasteiger partial charge in [0.1, 0.15) is 23.7 Å². The molecule has 0 saturated carbocycles. The van der Waals surface area contributed by atoms with E-state index in [4.69, 9.17) is 9.47 Å². The minimum absolute atomic E-state index is 0.573. The maximum atomic E-state index is 10.4. The number of rotatable bonds is 2. The fourth-order valence-electron chi connectivity index (χ4n) is 2.50. The summed E-state index contributed by atoms with van der Waals surface area (Å²) < 4.78 is 11.9. The molecule has 3 atom stereocenters. The molecule has 2 N–H and O–H groups in total. The molecule has 0 bridgehead atoms. The van der Waals surface area contributed by atoms with Crippen LogP contribution in [0.4, 0.5) is 0 Å². The zero-order valence-electron chi connectivity index (χ0n) is 11.4. The van der Waals surface area contributed by atoms with Gasteiger partial charge in [-0.15, -0.1) is 0 Å². The summed E-state index contributed by atoms with van der Waals surface area (Å²) in [5.41, 5.74) is 1.34. The van der Waals surface area contributed by atoms with E-state index < -0.39 is 18.3 Å². The number of hydrogen-bond donors (Lipinski definition) is 2. The van der Waals surface area contributed by atoms with Gasteiger partial charge in [-0.3, -0.25) is 0 Å². The van der Waals surface area contributed by atoms with Crippen LogP contribution in [0, 0.1) is 0 Å². The van der Waals surface area contributed by atoms with Crippen LogP contribution in [0.25, 0.3) is 0 Å². The molecule has 1 aliphatic heterocycles. The molecule has 2 aromatic carbocycles. The van der Waals surface area contributed by atoms with Crippen LogP contribution in [0.1, 0.15) is 23.3 Å². The van der Waals surface area contributed by atoms with E-state index in [1.165, 1.54) is 0 Å². The zero-order valence-corrected chi connectivity index (χ0v) is 12.9. The van der Waals surface area contributed by atoms with E-state index in [0.717, 1.165) is 10.0 Å². The average Bonchev–Trinajstić information content (AvgIpc) is 2.51. The van der Waals surface area contributed by atoms with Crippen LogP contribution < -0.4 is 9.47 Å². The number of aliphatic hydroxyl groups is 2. The van der Waals surface area contributed by atoms with Crippen LogP contribution in [0.2, 0.25) is 0 Å². The zero-order chi connectivity index (χ0) is 15.0. The molecule has 4 nitrogen and oxygen atoms in total.